The zero-order valence-electron chi connectivity index (χ0n) is 10.9. The highest BCUT2D eigenvalue weighted by Gasteiger charge is 2.20. The summed E-state index contributed by atoms with van der Waals surface area (Å²) in [5, 5.41) is 3.86. The lowest BCUT2D eigenvalue weighted by molar-refractivity contribution is 0.417. The Morgan fingerprint density at radius 2 is 1.90 bits per heavy atom. The van der Waals surface area contributed by atoms with Gasteiger partial charge in [0.15, 0.2) is 11.6 Å². The quantitative estimate of drug-likeness (QED) is 0.766. The second kappa shape index (κ2) is 5.17. The van der Waals surface area contributed by atoms with E-state index in [1.165, 1.54) is 0 Å². The molecule has 0 aliphatic carbocycles. The van der Waals surface area contributed by atoms with Crippen LogP contribution in [0.1, 0.15) is 12.7 Å². The first kappa shape index (κ1) is 13.0. The molecule has 2 N–H and O–H groups in total. The Labute approximate surface area is 124 Å². The van der Waals surface area contributed by atoms with Crippen LogP contribution in [0.5, 0.6) is 0 Å². The molecule has 20 heavy (non-hydrogen) atoms. The maximum absolute atomic E-state index is 5.93. The number of halogens is 1. The fourth-order valence-corrected chi connectivity index (χ4v) is 2.32. The molecule has 3 rings (SSSR count). The average molecular weight is 333 g/mol. The van der Waals surface area contributed by atoms with Crippen LogP contribution in [0.4, 0.5) is 5.82 Å². The van der Waals surface area contributed by atoms with Gasteiger partial charge >= 0.3 is 0 Å². The normalized spacial score (nSPS) is 10.9. The predicted octanol–water partition coefficient (Wildman–Crippen LogP) is 4.51. The van der Waals surface area contributed by atoms with Crippen LogP contribution < -0.4 is 5.73 Å². The second-order valence-corrected chi connectivity index (χ2v) is 5.31. The van der Waals surface area contributed by atoms with Crippen molar-refractivity contribution in [1.82, 2.24) is 5.16 Å². The van der Waals surface area contributed by atoms with Gasteiger partial charge in [0, 0.05) is 10.9 Å². The van der Waals surface area contributed by atoms with E-state index in [4.69, 9.17) is 14.7 Å². The van der Waals surface area contributed by atoms with Gasteiger partial charge in [-0.3, -0.25) is 0 Å². The number of rotatable bonds is 3. The minimum absolute atomic E-state index is 0.358. The van der Waals surface area contributed by atoms with E-state index >= 15 is 0 Å². The van der Waals surface area contributed by atoms with Gasteiger partial charge in [0.2, 0.25) is 5.76 Å². The highest BCUT2D eigenvalue weighted by Crippen LogP contribution is 2.37. The highest BCUT2D eigenvalue weighted by atomic mass is 79.9. The summed E-state index contributed by atoms with van der Waals surface area (Å²) >= 11 is 3.41. The van der Waals surface area contributed by atoms with E-state index in [0.717, 1.165) is 27.8 Å². The molecule has 0 saturated carbocycles. The van der Waals surface area contributed by atoms with Gasteiger partial charge in [0.1, 0.15) is 5.76 Å². The number of aryl methyl sites for hydroxylation is 1. The van der Waals surface area contributed by atoms with Crippen molar-refractivity contribution in [3.8, 4) is 22.6 Å². The van der Waals surface area contributed by atoms with Crippen LogP contribution in [0.15, 0.2) is 49.8 Å². The van der Waals surface area contributed by atoms with Crippen molar-refractivity contribution in [2.45, 2.75) is 13.3 Å². The van der Waals surface area contributed by atoms with Gasteiger partial charge in [-0.2, -0.15) is 0 Å². The van der Waals surface area contributed by atoms with Gasteiger partial charge in [-0.25, -0.2) is 0 Å². The number of anilines is 1. The third kappa shape index (κ3) is 2.25. The van der Waals surface area contributed by atoms with E-state index in [1.54, 1.807) is 0 Å². The fourth-order valence-electron chi connectivity index (χ4n) is 2.06. The van der Waals surface area contributed by atoms with Crippen LogP contribution in [-0.4, -0.2) is 5.16 Å². The summed E-state index contributed by atoms with van der Waals surface area (Å²) in [6.07, 6.45) is 0.831. The second-order valence-electron chi connectivity index (χ2n) is 4.40. The molecule has 0 saturated heterocycles. The average Bonchev–Trinajstić information content (AvgIpc) is 3.06. The summed E-state index contributed by atoms with van der Waals surface area (Å²) in [4.78, 5) is 0. The van der Waals surface area contributed by atoms with Crippen molar-refractivity contribution in [2.24, 2.45) is 0 Å². The zero-order chi connectivity index (χ0) is 14.1. The van der Waals surface area contributed by atoms with Crippen molar-refractivity contribution in [2.75, 3.05) is 5.73 Å². The first-order valence-electron chi connectivity index (χ1n) is 6.29. The molecule has 1 aromatic carbocycles. The number of aromatic nitrogens is 1. The first-order valence-corrected chi connectivity index (χ1v) is 7.08. The van der Waals surface area contributed by atoms with Crippen molar-refractivity contribution < 1.29 is 8.94 Å². The number of nitrogens with zero attached hydrogens (tertiary/aromatic N) is 1. The SMILES string of the molecule is CCc1ccc(-c2onc(N)c2-c2ccc(Br)cc2)o1. The summed E-state index contributed by atoms with van der Waals surface area (Å²) < 4.78 is 12.1. The predicted molar refractivity (Wildman–Crippen MR) is 81.1 cm³/mol. The number of hydrogen-bond acceptors (Lipinski definition) is 4. The van der Waals surface area contributed by atoms with Crippen LogP contribution in [0.25, 0.3) is 22.6 Å². The largest absolute Gasteiger partial charge is 0.458 e. The molecule has 0 aliphatic rings. The first-order chi connectivity index (χ1) is 9.69. The van der Waals surface area contributed by atoms with Gasteiger partial charge in [-0.1, -0.05) is 40.1 Å². The van der Waals surface area contributed by atoms with Crippen molar-refractivity contribution in [3.63, 3.8) is 0 Å². The van der Waals surface area contributed by atoms with Gasteiger partial charge in [-0.05, 0) is 29.8 Å². The van der Waals surface area contributed by atoms with Crippen LogP contribution in [0.3, 0.4) is 0 Å². The Morgan fingerprint density at radius 1 is 1.15 bits per heavy atom. The third-order valence-corrected chi connectivity index (χ3v) is 3.61. The Bertz CT molecular complexity index is 729. The van der Waals surface area contributed by atoms with Crippen LogP contribution in [-0.2, 0) is 6.42 Å². The molecule has 0 amide bonds. The number of furan rings is 1. The molecule has 5 heteroatoms. The van der Waals surface area contributed by atoms with Gasteiger partial charge in [-0.15, -0.1) is 0 Å². The highest BCUT2D eigenvalue weighted by molar-refractivity contribution is 9.10. The molecule has 0 bridgehead atoms. The number of nitrogens with two attached hydrogens (primary N) is 1. The molecule has 2 heterocycles. The lowest BCUT2D eigenvalue weighted by Gasteiger charge is -2.01. The van der Waals surface area contributed by atoms with Crippen LogP contribution in [0, 0.1) is 0 Å². The molecule has 0 atom stereocenters. The summed E-state index contributed by atoms with van der Waals surface area (Å²) in [7, 11) is 0. The van der Waals surface area contributed by atoms with Crippen LogP contribution >= 0.6 is 15.9 Å². The molecule has 0 fully saturated rings. The topological polar surface area (TPSA) is 65.2 Å². The number of nitrogen functional groups attached to an aromatic ring is 1. The monoisotopic (exact) mass is 332 g/mol. The molecule has 4 nitrogen and oxygen atoms in total. The van der Waals surface area contributed by atoms with Gasteiger partial charge < -0.3 is 14.7 Å². The summed E-state index contributed by atoms with van der Waals surface area (Å²) in [6.45, 7) is 2.03. The van der Waals surface area contributed by atoms with E-state index in [-0.39, 0.29) is 0 Å². The molecule has 0 aliphatic heterocycles. The molecule has 2 aromatic heterocycles. The van der Waals surface area contributed by atoms with Gasteiger partial charge in [0.05, 0.1) is 5.56 Å². The fraction of sp³-hybridized carbons (Fsp3) is 0.133. The minimum Gasteiger partial charge on any atom is -0.458 e. The smallest absolute Gasteiger partial charge is 0.212 e. The summed E-state index contributed by atoms with van der Waals surface area (Å²) in [5.41, 5.74) is 7.63. The lowest BCUT2D eigenvalue weighted by atomic mass is 10.1. The van der Waals surface area contributed by atoms with Crippen LogP contribution in [0.2, 0.25) is 0 Å². The summed E-state index contributed by atoms with van der Waals surface area (Å²) in [5.74, 6) is 2.46. The maximum atomic E-state index is 5.93. The van der Waals surface area contributed by atoms with Crippen molar-refractivity contribution in [1.29, 1.82) is 0 Å². The molecule has 3 aromatic rings. The molecule has 0 unspecified atom stereocenters. The zero-order valence-corrected chi connectivity index (χ0v) is 12.5. The third-order valence-electron chi connectivity index (χ3n) is 3.09. The Hall–Kier alpha value is -2.01. The van der Waals surface area contributed by atoms with Gasteiger partial charge in [0.25, 0.3) is 0 Å². The number of benzene rings is 1. The maximum Gasteiger partial charge on any atom is 0.212 e. The minimum atomic E-state index is 0.358. The molecule has 0 spiro atoms. The molecular formula is C15H13BrN2O2. The van der Waals surface area contributed by atoms with Crippen molar-refractivity contribution in [3.05, 3.63) is 46.6 Å². The van der Waals surface area contributed by atoms with E-state index in [1.807, 2.05) is 43.3 Å². The number of hydrogen-bond donors (Lipinski definition) is 1. The van der Waals surface area contributed by atoms with E-state index < -0.39 is 0 Å². The van der Waals surface area contributed by atoms with Crippen molar-refractivity contribution >= 4 is 21.7 Å². The molecule has 102 valence electrons. The molecular weight excluding hydrogens is 320 g/mol. The van der Waals surface area contributed by atoms with E-state index in [9.17, 15) is 0 Å². The van der Waals surface area contributed by atoms with E-state index in [0.29, 0.717) is 17.3 Å². The lowest BCUT2D eigenvalue weighted by Crippen LogP contribution is -1.88. The summed E-state index contributed by atoms with van der Waals surface area (Å²) in [6, 6.07) is 11.6. The Morgan fingerprint density at radius 3 is 2.55 bits per heavy atom. The standard InChI is InChI=1S/C15H13BrN2O2/c1-2-11-7-8-12(19-11)14-13(15(17)18-20-14)9-3-5-10(16)6-4-9/h3-8H,2H2,1H3,(H2,17,18). The van der Waals surface area contributed by atoms with E-state index in [2.05, 4.69) is 21.1 Å². The Kier molecular flexibility index (Phi) is 3.36. The Balaban J connectivity index is 2.11. The molecule has 0 radical (unpaired) electrons.